The third-order valence-corrected chi connectivity index (χ3v) is 4.61. The van der Waals surface area contributed by atoms with Gasteiger partial charge < -0.3 is 20.4 Å². The van der Waals surface area contributed by atoms with Crippen LogP contribution in [0.4, 0.5) is 11.5 Å². The highest BCUT2D eigenvalue weighted by atomic mass is 16.5. The molecule has 0 bridgehead atoms. The highest BCUT2D eigenvalue weighted by Gasteiger charge is 2.06. The van der Waals surface area contributed by atoms with Gasteiger partial charge in [0.25, 0.3) is 0 Å². The molecule has 0 radical (unpaired) electrons. The van der Waals surface area contributed by atoms with Gasteiger partial charge in [0.2, 0.25) is 0 Å². The normalized spacial score (nSPS) is 10.8. The zero-order valence-corrected chi connectivity index (χ0v) is 16.0. The van der Waals surface area contributed by atoms with Gasteiger partial charge >= 0.3 is 0 Å². The number of imidazole rings is 1. The number of benzene rings is 2. The third kappa shape index (κ3) is 3.91. The first-order valence-electron chi connectivity index (χ1n) is 9.23. The number of nitrogens with zero attached hydrogens (tertiary/aromatic N) is 2. The van der Waals surface area contributed by atoms with Crippen molar-refractivity contribution in [2.24, 2.45) is 0 Å². The summed E-state index contributed by atoms with van der Waals surface area (Å²) in [5.74, 6) is 2.62. The summed E-state index contributed by atoms with van der Waals surface area (Å²) in [5, 5.41) is 7.93. The molecule has 2 heterocycles. The number of hydrogen-bond donors (Lipinski definition) is 3. The van der Waals surface area contributed by atoms with Gasteiger partial charge in [-0.25, -0.2) is 9.97 Å². The lowest BCUT2D eigenvalue weighted by atomic mass is 10.1. The monoisotopic (exact) mass is 373 g/mol. The van der Waals surface area contributed by atoms with Gasteiger partial charge in [0.05, 0.1) is 31.1 Å². The minimum Gasteiger partial charge on any atom is -0.496 e. The summed E-state index contributed by atoms with van der Waals surface area (Å²) in [6, 6.07) is 18.2. The van der Waals surface area contributed by atoms with Crippen LogP contribution < -0.4 is 15.4 Å². The molecule has 0 fully saturated rings. The van der Waals surface area contributed by atoms with E-state index in [0.717, 1.165) is 45.2 Å². The largest absolute Gasteiger partial charge is 0.496 e. The molecule has 0 saturated heterocycles. The Morgan fingerprint density at radius 3 is 2.68 bits per heavy atom. The van der Waals surface area contributed by atoms with E-state index in [9.17, 15) is 0 Å². The first-order chi connectivity index (χ1) is 13.7. The van der Waals surface area contributed by atoms with Gasteiger partial charge in [-0.1, -0.05) is 24.3 Å². The van der Waals surface area contributed by atoms with Crippen molar-refractivity contribution in [3.05, 3.63) is 77.9 Å². The number of aromatic nitrogens is 3. The number of nitrogens with one attached hydrogen (secondary N) is 3. The van der Waals surface area contributed by atoms with Crippen molar-refractivity contribution in [3.8, 4) is 5.75 Å². The van der Waals surface area contributed by atoms with Gasteiger partial charge in [0.15, 0.2) is 0 Å². The van der Waals surface area contributed by atoms with Crippen LogP contribution in [-0.2, 0) is 13.1 Å². The molecule has 0 saturated carbocycles. The van der Waals surface area contributed by atoms with Crippen molar-refractivity contribution in [1.29, 1.82) is 0 Å². The van der Waals surface area contributed by atoms with Crippen LogP contribution in [-0.4, -0.2) is 22.1 Å². The van der Waals surface area contributed by atoms with Gasteiger partial charge in [-0.2, -0.15) is 0 Å². The van der Waals surface area contributed by atoms with Crippen LogP contribution in [0.1, 0.15) is 17.1 Å². The van der Waals surface area contributed by atoms with Crippen LogP contribution >= 0.6 is 0 Å². The topological polar surface area (TPSA) is 74.9 Å². The second-order valence-electron chi connectivity index (χ2n) is 6.58. The Balaban J connectivity index is 1.49. The summed E-state index contributed by atoms with van der Waals surface area (Å²) < 4.78 is 5.41. The Hall–Kier alpha value is -3.54. The molecule has 4 aromatic rings. The van der Waals surface area contributed by atoms with Crippen molar-refractivity contribution >= 4 is 22.4 Å². The maximum atomic E-state index is 5.41. The van der Waals surface area contributed by atoms with Crippen molar-refractivity contribution < 1.29 is 4.74 Å². The highest BCUT2D eigenvalue weighted by Crippen LogP contribution is 2.25. The number of ether oxygens (including phenoxy) is 1. The number of methoxy groups -OCH3 is 1. The van der Waals surface area contributed by atoms with Crippen LogP contribution in [0.5, 0.6) is 5.75 Å². The fraction of sp³-hybridized carbons (Fsp3) is 0.182. The molecule has 0 aliphatic carbocycles. The zero-order chi connectivity index (χ0) is 19.3. The average Bonchev–Trinajstić information content (AvgIpc) is 3.15. The molecule has 2 aromatic carbocycles. The summed E-state index contributed by atoms with van der Waals surface area (Å²) >= 11 is 0. The molecule has 0 unspecified atom stereocenters. The minimum atomic E-state index is 0.652. The fourth-order valence-corrected chi connectivity index (χ4v) is 3.19. The molecule has 3 N–H and O–H groups in total. The van der Waals surface area contributed by atoms with E-state index in [1.165, 1.54) is 0 Å². The predicted octanol–water partition coefficient (Wildman–Crippen LogP) is 4.50. The quantitative estimate of drug-likeness (QED) is 0.445. The van der Waals surface area contributed by atoms with Gasteiger partial charge in [-0.3, -0.25) is 0 Å². The molecule has 2 aromatic heterocycles. The Morgan fingerprint density at radius 2 is 1.86 bits per heavy atom. The molecule has 142 valence electrons. The smallest absolute Gasteiger partial charge is 0.126 e. The molecule has 0 aliphatic heterocycles. The third-order valence-electron chi connectivity index (χ3n) is 4.61. The SMILES string of the molecule is COc1ccccc1CNc1ccc2c(NCc3cnc(C)[nH]3)cccc2n1. The Labute approximate surface area is 164 Å². The Bertz CT molecular complexity index is 1090. The van der Waals surface area contributed by atoms with Crippen molar-refractivity contribution in [2.75, 3.05) is 17.7 Å². The summed E-state index contributed by atoms with van der Waals surface area (Å²) in [6.07, 6.45) is 1.85. The first-order valence-corrected chi connectivity index (χ1v) is 9.23. The van der Waals surface area contributed by atoms with Crippen molar-refractivity contribution in [2.45, 2.75) is 20.0 Å². The van der Waals surface area contributed by atoms with E-state index in [2.05, 4.69) is 32.7 Å². The fourth-order valence-electron chi connectivity index (χ4n) is 3.19. The number of pyridine rings is 1. The molecule has 28 heavy (non-hydrogen) atoms. The zero-order valence-electron chi connectivity index (χ0n) is 16.0. The number of aryl methyl sites for hydroxylation is 1. The molecule has 0 aliphatic rings. The number of rotatable bonds is 7. The highest BCUT2D eigenvalue weighted by molar-refractivity contribution is 5.92. The summed E-state index contributed by atoms with van der Waals surface area (Å²) in [5.41, 5.74) is 4.14. The van der Waals surface area contributed by atoms with Crippen LogP contribution in [0.3, 0.4) is 0 Å². The maximum Gasteiger partial charge on any atom is 0.126 e. The first kappa shape index (κ1) is 17.9. The van der Waals surface area contributed by atoms with Gasteiger partial charge in [0, 0.05) is 23.2 Å². The van der Waals surface area contributed by atoms with Crippen LogP contribution in [0.25, 0.3) is 10.9 Å². The van der Waals surface area contributed by atoms with E-state index in [4.69, 9.17) is 9.72 Å². The molecule has 6 nitrogen and oxygen atoms in total. The van der Waals surface area contributed by atoms with E-state index >= 15 is 0 Å². The van der Waals surface area contributed by atoms with Crippen LogP contribution in [0.2, 0.25) is 0 Å². The number of aromatic amines is 1. The van der Waals surface area contributed by atoms with Crippen LogP contribution in [0.15, 0.2) is 60.8 Å². The number of anilines is 2. The van der Waals surface area contributed by atoms with Crippen molar-refractivity contribution in [3.63, 3.8) is 0 Å². The van der Waals surface area contributed by atoms with E-state index in [1.807, 2.05) is 55.6 Å². The number of fused-ring (bicyclic) bond motifs is 1. The van der Waals surface area contributed by atoms with Gasteiger partial charge in [-0.05, 0) is 37.3 Å². The average molecular weight is 373 g/mol. The van der Waals surface area contributed by atoms with Gasteiger partial charge in [-0.15, -0.1) is 0 Å². The molecular weight excluding hydrogens is 350 g/mol. The molecule has 4 rings (SSSR count). The predicted molar refractivity (Wildman–Crippen MR) is 113 cm³/mol. The Morgan fingerprint density at radius 1 is 0.964 bits per heavy atom. The van der Waals surface area contributed by atoms with E-state index < -0.39 is 0 Å². The lowest BCUT2D eigenvalue weighted by Crippen LogP contribution is -2.04. The summed E-state index contributed by atoms with van der Waals surface area (Å²) in [4.78, 5) is 12.2. The van der Waals surface area contributed by atoms with E-state index in [0.29, 0.717) is 13.1 Å². The molecule has 0 spiro atoms. The lowest BCUT2D eigenvalue weighted by molar-refractivity contribution is 0.410. The van der Waals surface area contributed by atoms with E-state index in [1.54, 1.807) is 7.11 Å². The number of hydrogen-bond acceptors (Lipinski definition) is 5. The van der Waals surface area contributed by atoms with E-state index in [-0.39, 0.29) is 0 Å². The maximum absolute atomic E-state index is 5.41. The summed E-state index contributed by atoms with van der Waals surface area (Å²) in [7, 11) is 1.69. The molecule has 0 amide bonds. The standard InChI is InChI=1S/C22H23N5O/c1-15-23-13-17(26-15)14-24-19-7-5-8-20-18(19)10-11-22(27-20)25-12-16-6-3-4-9-21(16)28-2/h3-11,13,24H,12,14H2,1-2H3,(H,23,26)(H,25,27). The molecule has 6 heteroatoms. The summed E-state index contributed by atoms with van der Waals surface area (Å²) in [6.45, 7) is 3.29. The Kier molecular flexibility index (Phi) is 5.10. The second kappa shape index (κ2) is 8.00. The minimum absolute atomic E-state index is 0.652. The second-order valence-corrected chi connectivity index (χ2v) is 6.58. The molecular formula is C22H23N5O. The molecule has 0 atom stereocenters. The number of H-pyrrole nitrogens is 1. The van der Waals surface area contributed by atoms with Crippen molar-refractivity contribution in [1.82, 2.24) is 15.0 Å². The van der Waals surface area contributed by atoms with Crippen LogP contribution in [0, 0.1) is 6.92 Å². The lowest BCUT2D eigenvalue weighted by Gasteiger charge is -2.12. The number of para-hydroxylation sites is 1. The van der Waals surface area contributed by atoms with Gasteiger partial charge in [0.1, 0.15) is 17.4 Å².